The number of carbonyl (C=O) groups excluding carboxylic acids is 2. The molecule has 6 heteroatoms. The normalized spacial score (nSPS) is 17.6. The summed E-state index contributed by atoms with van der Waals surface area (Å²) in [7, 11) is 1.68. The maximum Gasteiger partial charge on any atom is 0.407 e. The van der Waals surface area contributed by atoms with Crippen molar-refractivity contribution in [3.8, 4) is 0 Å². The number of nitrogens with one attached hydrogen (secondary N) is 2. The van der Waals surface area contributed by atoms with Crippen LogP contribution >= 0.6 is 0 Å². The van der Waals surface area contributed by atoms with Crippen LogP contribution in [-0.2, 0) is 16.1 Å². The molecule has 0 radical (unpaired) electrons. The number of allylic oxidation sites excluding steroid dienone is 1. The Hall–Kier alpha value is -2.63. The van der Waals surface area contributed by atoms with E-state index in [1.165, 1.54) is 0 Å². The van der Waals surface area contributed by atoms with Gasteiger partial charge in [0.05, 0.1) is 12.6 Å². The summed E-state index contributed by atoms with van der Waals surface area (Å²) in [5.41, 5.74) is 2.80. The van der Waals surface area contributed by atoms with Gasteiger partial charge in [-0.25, -0.2) is 4.79 Å². The highest BCUT2D eigenvalue weighted by Crippen LogP contribution is 2.22. The van der Waals surface area contributed by atoms with Crippen LogP contribution in [0, 0.1) is 0 Å². The number of ether oxygens (including phenoxy) is 1. The van der Waals surface area contributed by atoms with Crippen molar-refractivity contribution in [1.82, 2.24) is 10.6 Å². The Morgan fingerprint density at radius 2 is 2.17 bits per heavy atom. The summed E-state index contributed by atoms with van der Waals surface area (Å²) in [6.45, 7) is 0.484. The Labute approximate surface area is 142 Å². The molecule has 1 aromatic carbocycles. The van der Waals surface area contributed by atoms with Crippen molar-refractivity contribution in [3.05, 3.63) is 47.2 Å². The monoisotopic (exact) mass is 329 g/mol. The van der Waals surface area contributed by atoms with Gasteiger partial charge in [0.15, 0.2) is 0 Å². The Bertz CT molecular complexity index is 611. The molecule has 0 unspecified atom stereocenters. The Kier molecular flexibility index (Phi) is 7.01. The molecule has 6 nitrogen and oxygen atoms in total. The average Bonchev–Trinajstić information content (AvgIpc) is 2.61. The molecule has 0 aliphatic heterocycles. The Morgan fingerprint density at radius 3 is 2.88 bits per heavy atom. The topological polar surface area (TPSA) is 79.8 Å². The molecule has 24 heavy (non-hydrogen) atoms. The summed E-state index contributed by atoms with van der Waals surface area (Å²) >= 11 is 0. The van der Waals surface area contributed by atoms with Crippen LogP contribution in [0.2, 0.25) is 0 Å². The number of rotatable bonds is 7. The maximum absolute atomic E-state index is 12.1. The number of amides is 1. The number of hydrogen-bond acceptors (Lipinski definition) is 5. The van der Waals surface area contributed by atoms with Crippen LogP contribution in [0.25, 0.3) is 0 Å². The minimum absolute atomic E-state index is 0.167. The van der Waals surface area contributed by atoms with Crippen molar-refractivity contribution in [3.63, 3.8) is 0 Å². The summed E-state index contributed by atoms with van der Waals surface area (Å²) in [5.74, 6) is 0. The van der Waals surface area contributed by atoms with Gasteiger partial charge in [-0.1, -0.05) is 30.3 Å². The minimum atomic E-state index is -0.456. The van der Waals surface area contributed by atoms with Crippen molar-refractivity contribution in [2.45, 2.75) is 31.9 Å². The fourth-order valence-electron chi connectivity index (χ4n) is 2.71. The zero-order chi connectivity index (χ0) is 17.2. The number of benzene rings is 1. The molecule has 2 N–H and O–H groups in total. The Morgan fingerprint density at radius 1 is 1.38 bits per heavy atom. The lowest BCUT2D eigenvalue weighted by Gasteiger charge is -2.27. The number of alkyl carbamates (subject to hydrolysis) is 1. The van der Waals surface area contributed by atoms with Crippen LogP contribution < -0.4 is 10.6 Å². The van der Waals surface area contributed by atoms with Crippen molar-refractivity contribution in [1.29, 1.82) is 0 Å². The van der Waals surface area contributed by atoms with Gasteiger partial charge in [0, 0.05) is 24.5 Å². The Balaban J connectivity index is 1.97. The van der Waals surface area contributed by atoms with Crippen molar-refractivity contribution in [2.24, 2.45) is 4.99 Å². The van der Waals surface area contributed by atoms with Crippen molar-refractivity contribution < 1.29 is 14.3 Å². The van der Waals surface area contributed by atoms with Gasteiger partial charge in [-0.3, -0.25) is 4.99 Å². The highest BCUT2D eigenvalue weighted by Gasteiger charge is 2.24. The molecule has 0 spiro atoms. The molecule has 2 rings (SSSR count). The SMILES string of the molecule is CN=CC1=C(NCC=O)CCC[C@H]1NC(=O)OCc1ccccc1. The van der Waals surface area contributed by atoms with E-state index >= 15 is 0 Å². The highest BCUT2D eigenvalue weighted by atomic mass is 16.5. The highest BCUT2D eigenvalue weighted by molar-refractivity contribution is 5.83. The van der Waals surface area contributed by atoms with Gasteiger partial charge < -0.3 is 20.2 Å². The van der Waals surface area contributed by atoms with Gasteiger partial charge in [-0.15, -0.1) is 0 Å². The second-order valence-corrected chi connectivity index (χ2v) is 5.52. The van der Waals surface area contributed by atoms with Crippen LogP contribution in [0.1, 0.15) is 24.8 Å². The van der Waals surface area contributed by atoms with E-state index in [-0.39, 0.29) is 19.2 Å². The first-order valence-electron chi connectivity index (χ1n) is 8.04. The average molecular weight is 329 g/mol. The maximum atomic E-state index is 12.1. The fourth-order valence-corrected chi connectivity index (χ4v) is 2.71. The van der Waals surface area contributed by atoms with Gasteiger partial charge in [0.2, 0.25) is 0 Å². The second kappa shape index (κ2) is 9.50. The van der Waals surface area contributed by atoms with Crippen LogP contribution in [0.3, 0.4) is 0 Å². The van der Waals surface area contributed by atoms with E-state index in [1.54, 1.807) is 13.3 Å². The zero-order valence-corrected chi connectivity index (χ0v) is 13.8. The van der Waals surface area contributed by atoms with Crippen LogP contribution in [0.4, 0.5) is 4.79 Å². The van der Waals surface area contributed by atoms with Crippen molar-refractivity contribution in [2.75, 3.05) is 13.6 Å². The lowest BCUT2D eigenvalue weighted by molar-refractivity contribution is -0.107. The number of carbonyl (C=O) groups is 2. The molecule has 0 fully saturated rings. The third kappa shape index (κ3) is 5.22. The lowest BCUT2D eigenvalue weighted by Crippen LogP contribution is -2.40. The third-order valence-corrected chi connectivity index (χ3v) is 3.82. The largest absolute Gasteiger partial charge is 0.445 e. The standard InChI is InChI=1S/C18H23N3O3/c1-19-12-15-16(20-10-11-22)8-5-9-17(15)21-18(23)24-13-14-6-3-2-4-7-14/h2-4,6-7,11-12,17,20H,5,8-10,13H2,1H3,(H,21,23)/t17-/m1/s1. The molecule has 128 valence electrons. The van der Waals surface area contributed by atoms with E-state index in [2.05, 4.69) is 15.6 Å². The smallest absolute Gasteiger partial charge is 0.407 e. The van der Waals surface area contributed by atoms with E-state index in [1.807, 2.05) is 30.3 Å². The van der Waals surface area contributed by atoms with Crippen LogP contribution in [0.15, 0.2) is 46.6 Å². The van der Waals surface area contributed by atoms with Crippen molar-refractivity contribution >= 4 is 18.6 Å². The molecule has 1 aliphatic rings. The second-order valence-electron chi connectivity index (χ2n) is 5.52. The number of hydrogen-bond donors (Lipinski definition) is 2. The van der Waals surface area contributed by atoms with E-state index < -0.39 is 6.09 Å². The molecular formula is C18H23N3O3. The first-order chi connectivity index (χ1) is 11.7. The lowest BCUT2D eigenvalue weighted by atomic mass is 9.92. The molecule has 0 saturated heterocycles. The molecule has 1 amide bonds. The number of aldehydes is 1. The summed E-state index contributed by atoms with van der Waals surface area (Å²) in [6.07, 6.45) is 4.67. The summed E-state index contributed by atoms with van der Waals surface area (Å²) < 4.78 is 5.28. The first kappa shape index (κ1) is 17.7. The summed E-state index contributed by atoms with van der Waals surface area (Å²) in [5, 5.41) is 5.99. The minimum Gasteiger partial charge on any atom is -0.445 e. The fraction of sp³-hybridized carbons (Fsp3) is 0.389. The third-order valence-electron chi connectivity index (χ3n) is 3.82. The first-order valence-corrected chi connectivity index (χ1v) is 8.04. The molecule has 1 aliphatic carbocycles. The van der Waals surface area contributed by atoms with Crippen LogP contribution in [-0.4, -0.2) is 38.2 Å². The summed E-state index contributed by atoms with van der Waals surface area (Å²) in [4.78, 5) is 26.7. The molecule has 0 heterocycles. The predicted octanol–water partition coefficient (Wildman–Crippen LogP) is 2.21. The van der Waals surface area contributed by atoms with Gasteiger partial charge in [-0.2, -0.15) is 0 Å². The zero-order valence-electron chi connectivity index (χ0n) is 13.8. The molecule has 1 atom stereocenters. The summed E-state index contributed by atoms with van der Waals surface area (Å²) in [6, 6.07) is 9.37. The molecular weight excluding hydrogens is 306 g/mol. The number of nitrogens with zero attached hydrogens (tertiary/aromatic N) is 1. The quantitative estimate of drug-likeness (QED) is 0.594. The molecule has 1 aromatic rings. The molecule has 0 saturated carbocycles. The van der Waals surface area contributed by atoms with E-state index in [0.717, 1.165) is 42.4 Å². The van der Waals surface area contributed by atoms with Gasteiger partial charge in [-0.05, 0) is 24.8 Å². The van der Waals surface area contributed by atoms with E-state index in [9.17, 15) is 9.59 Å². The molecule has 0 bridgehead atoms. The van der Waals surface area contributed by atoms with E-state index in [4.69, 9.17) is 4.74 Å². The van der Waals surface area contributed by atoms with Gasteiger partial charge in [0.25, 0.3) is 0 Å². The van der Waals surface area contributed by atoms with Gasteiger partial charge in [0.1, 0.15) is 12.9 Å². The predicted molar refractivity (Wildman–Crippen MR) is 92.9 cm³/mol. The van der Waals surface area contributed by atoms with Crippen LogP contribution in [0.5, 0.6) is 0 Å². The van der Waals surface area contributed by atoms with E-state index in [0.29, 0.717) is 0 Å². The molecule has 0 aromatic heterocycles. The number of aliphatic imine (C=N–C) groups is 1. The van der Waals surface area contributed by atoms with Gasteiger partial charge >= 0.3 is 6.09 Å².